The van der Waals surface area contributed by atoms with Gasteiger partial charge < -0.3 is 14.0 Å². The zero-order chi connectivity index (χ0) is 22.9. The highest BCUT2D eigenvalue weighted by molar-refractivity contribution is 7.99. The molecule has 8 nitrogen and oxygen atoms in total. The first-order chi connectivity index (χ1) is 15.5. The summed E-state index contributed by atoms with van der Waals surface area (Å²) in [7, 11) is 1.57. The molecule has 0 fully saturated rings. The molecule has 32 heavy (non-hydrogen) atoms. The van der Waals surface area contributed by atoms with Gasteiger partial charge in [-0.3, -0.25) is 4.79 Å². The number of hydrazone groups is 1. The van der Waals surface area contributed by atoms with E-state index in [1.807, 2.05) is 48.7 Å². The lowest BCUT2D eigenvalue weighted by atomic mass is 10.2. The van der Waals surface area contributed by atoms with Crippen molar-refractivity contribution in [3.63, 3.8) is 0 Å². The molecule has 0 spiro atoms. The summed E-state index contributed by atoms with van der Waals surface area (Å²) in [6.07, 6.45) is 1.55. The van der Waals surface area contributed by atoms with E-state index in [0.717, 1.165) is 17.0 Å². The fourth-order valence-electron chi connectivity index (χ4n) is 2.87. The van der Waals surface area contributed by atoms with Crippen LogP contribution in [0, 0.1) is 0 Å². The van der Waals surface area contributed by atoms with Crippen molar-refractivity contribution >= 4 is 35.5 Å². The van der Waals surface area contributed by atoms with Gasteiger partial charge in [0.05, 0.1) is 25.7 Å². The van der Waals surface area contributed by atoms with Gasteiger partial charge in [-0.05, 0) is 61.9 Å². The van der Waals surface area contributed by atoms with Crippen LogP contribution in [-0.2, 0) is 11.3 Å². The molecule has 3 aromatic rings. The molecule has 1 N–H and O–H groups in total. The Balaban J connectivity index is 1.58. The summed E-state index contributed by atoms with van der Waals surface area (Å²) in [6, 6.07) is 12.8. The number of carbonyl (C=O) groups excluding carboxylic acids is 1. The Morgan fingerprint density at radius 2 is 1.97 bits per heavy atom. The molecule has 1 amide bonds. The van der Waals surface area contributed by atoms with Crippen LogP contribution in [0.25, 0.3) is 11.4 Å². The summed E-state index contributed by atoms with van der Waals surface area (Å²) in [5, 5.41) is 13.8. The van der Waals surface area contributed by atoms with E-state index >= 15 is 0 Å². The number of carbonyl (C=O) groups is 1. The monoisotopic (exact) mass is 473 g/mol. The van der Waals surface area contributed by atoms with Gasteiger partial charge in [0.25, 0.3) is 5.91 Å². The van der Waals surface area contributed by atoms with Crippen LogP contribution in [0.5, 0.6) is 11.5 Å². The van der Waals surface area contributed by atoms with E-state index in [4.69, 9.17) is 21.1 Å². The molecular weight excluding hydrogens is 450 g/mol. The fraction of sp³-hybridized carbons (Fsp3) is 0.273. The average Bonchev–Trinajstić information content (AvgIpc) is 3.22. The minimum Gasteiger partial charge on any atom is -0.493 e. The van der Waals surface area contributed by atoms with Crippen molar-refractivity contribution < 1.29 is 14.3 Å². The minimum atomic E-state index is -0.247. The van der Waals surface area contributed by atoms with Crippen molar-refractivity contribution in [2.45, 2.75) is 25.5 Å². The van der Waals surface area contributed by atoms with Crippen LogP contribution in [0.15, 0.2) is 52.7 Å². The number of hydrogen-bond donors (Lipinski definition) is 1. The van der Waals surface area contributed by atoms with Crippen LogP contribution < -0.4 is 14.9 Å². The van der Waals surface area contributed by atoms with Crippen LogP contribution in [0.4, 0.5) is 0 Å². The van der Waals surface area contributed by atoms with E-state index in [1.54, 1.807) is 25.5 Å². The number of nitrogens with zero attached hydrogens (tertiary/aromatic N) is 4. The van der Waals surface area contributed by atoms with Crippen molar-refractivity contribution in [1.29, 1.82) is 0 Å². The molecule has 168 valence electrons. The van der Waals surface area contributed by atoms with E-state index in [-0.39, 0.29) is 11.7 Å². The number of ether oxygens (including phenoxy) is 2. The highest BCUT2D eigenvalue weighted by Gasteiger charge is 2.14. The lowest BCUT2D eigenvalue weighted by Gasteiger charge is -2.09. The molecule has 1 heterocycles. The zero-order valence-electron chi connectivity index (χ0n) is 18.0. The second-order valence-electron chi connectivity index (χ2n) is 6.48. The van der Waals surface area contributed by atoms with Crippen LogP contribution in [0.1, 0.15) is 19.4 Å². The molecule has 0 atom stereocenters. The summed E-state index contributed by atoms with van der Waals surface area (Å²) in [5.74, 6) is 1.90. The van der Waals surface area contributed by atoms with E-state index in [0.29, 0.717) is 34.8 Å². The van der Waals surface area contributed by atoms with Crippen molar-refractivity contribution in [3.8, 4) is 22.9 Å². The summed E-state index contributed by atoms with van der Waals surface area (Å²) in [6.45, 7) is 5.13. The molecule has 0 saturated heterocycles. The van der Waals surface area contributed by atoms with Gasteiger partial charge in [-0.15, -0.1) is 10.2 Å². The van der Waals surface area contributed by atoms with Crippen molar-refractivity contribution in [2.24, 2.45) is 5.10 Å². The number of aromatic nitrogens is 3. The topological polar surface area (TPSA) is 90.6 Å². The van der Waals surface area contributed by atoms with Gasteiger partial charge in [-0.25, -0.2) is 5.43 Å². The molecule has 0 aliphatic carbocycles. The Morgan fingerprint density at radius 1 is 1.19 bits per heavy atom. The summed E-state index contributed by atoms with van der Waals surface area (Å²) >= 11 is 7.26. The van der Waals surface area contributed by atoms with Gasteiger partial charge in [0.1, 0.15) is 0 Å². The standard InChI is InChI=1S/C22H24ClN5O3S/c1-4-28-21(16-7-9-17(23)10-8-16)26-27-22(28)32-14-20(29)25-24-13-15-6-11-18(31-5-2)19(12-15)30-3/h6-13H,4-5,14H2,1-3H3,(H,25,29). The lowest BCUT2D eigenvalue weighted by molar-refractivity contribution is -0.118. The second-order valence-corrected chi connectivity index (χ2v) is 7.86. The number of halogens is 1. The molecule has 0 aliphatic rings. The highest BCUT2D eigenvalue weighted by atomic mass is 35.5. The van der Waals surface area contributed by atoms with Crippen LogP contribution >= 0.6 is 23.4 Å². The maximum atomic E-state index is 12.2. The zero-order valence-corrected chi connectivity index (χ0v) is 19.6. The third-order valence-corrected chi connectivity index (χ3v) is 5.58. The number of hydrogen-bond acceptors (Lipinski definition) is 7. The lowest BCUT2D eigenvalue weighted by Crippen LogP contribution is -2.20. The molecular formula is C22H24ClN5O3S. The molecule has 0 saturated carbocycles. The molecule has 2 aromatic carbocycles. The van der Waals surface area contributed by atoms with Gasteiger partial charge in [-0.1, -0.05) is 23.4 Å². The molecule has 0 bridgehead atoms. The Labute approximate surface area is 196 Å². The van der Waals surface area contributed by atoms with Crippen LogP contribution in [-0.4, -0.2) is 46.4 Å². The third kappa shape index (κ3) is 6.02. The second kappa shape index (κ2) is 11.5. The molecule has 0 aliphatic heterocycles. The van der Waals surface area contributed by atoms with E-state index in [9.17, 15) is 4.79 Å². The predicted molar refractivity (Wildman–Crippen MR) is 127 cm³/mol. The van der Waals surface area contributed by atoms with Crippen molar-refractivity contribution in [2.75, 3.05) is 19.5 Å². The summed E-state index contributed by atoms with van der Waals surface area (Å²) in [5.41, 5.74) is 4.21. The normalized spacial score (nSPS) is 11.0. The maximum absolute atomic E-state index is 12.2. The largest absolute Gasteiger partial charge is 0.493 e. The summed E-state index contributed by atoms with van der Waals surface area (Å²) < 4.78 is 12.8. The number of methoxy groups -OCH3 is 1. The highest BCUT2D eigenvalue weighted by Crippen LogP contribution is 2.27. The summed E-state index contributed by atoms with van der Waals surface area (Å²) in [4.78, 5) is 12.2. The van der Waals surface area contributed by atoms with E-state index < -0.39 is 0 Å². The van der Waals surface area contributed by atoms with Gasteiger partial charge in [0.2, 0.25) is 0 Å². The maximum Gasteiger partial charge on any atom is 0.250 e. The van der Waals surface area contributed by atoms with Crippen molar-refractivity contribution in [1.82, 2.24) is 20.2 Å². The number of nitrogens with one attached hydrogen (secondary N) is 1. The van der Waals surface area contributed by atoms with Gasteiger partial charge in [0, 0.05) is 17.1 Å². The number of rotatable bonds is 10. The molecule has 1 aromatic heterocycles. The molecule has 3 rings (SSSR count). The Bertz CT molecular complexity index is 1090. The van der Waals surface area contributed by atoms with Crippen LogP contribution in [0.3, 0.4) is 0 Å². The molecule has 0 unspecified atom stereocenters. The average molecular weight is 474 g/mol. The minimum absolute atomic E-state index is 0.155. The van der Waals surface area contributed by atoms with Gasteiger partial charge in [-0.2, -0.15) is 5.10 Å². The predicted octanol–water partition coefficient (Wildman–Crippen LogP) is 4.27. The molecule has 10 heteroatoms. The molecule has 0 radical (unpaired) electrons. The van der Waals surface area contributed by atoms with Gasteiger partial charge >= 0.3 is 0 Å². The van der Waals surface area contributed by atoms with E-state index in [2.05, 4.69) is 20.7 Å². The van der Waals surface area contributed by atoms with E-state index in [1.165, 1.54) is 11.8 Å². The first-order valence-corrected chi connectivity index (χ1v) is 11.4. The number of benzene rings is 2. The van der Waals surface area contributed by atoms with Crippen molar-refractivity contribution in [3.05, 3.63) is 53.1 Å². The number of thioether (sulfide) groups is 1. The number of amides is 1. The Kier molecular flexibility index (Phi) is 8.52. The van der Waals surface area contributed by atoms with Gasteiger partial charge in [0.15, 0.2) is 22.5 Å². The smallest absolute Gasteiger partial charge is 0.250 e. The van der Waals surface area contributed by atoms with Crippen LogP contribution in [0.2, 0.25) is 5.02 Å². The fourth-order valence-corrected chi connectivity index (χ4v) is 3.79. The Morgan fingerprint density at radius 3 is 2.66 bits per heavy atom. The SMILES string of the molecule is CCOc1ccc(C=NNC(=O)CSc2nnc(-c3ccc(Cl)cc3)n2CC)cc1OC. The first-order valence-electron chi connectivity index (χ1n) is 10.00. The third-order valence-electron chi connectivity index (χ3n) is 4.36. The Hall–Kier alpha value is -3.04. The first kappa shape index (κ1) is 23.6. The quantitative estimate of drug-likeness (QED) is 0.268.